The van der Waals surface area contributed by atoms with Crippen molar-refractivity contribution in [3.63, 3.8) is 0 Å². The van der Waals surface area contributed by atoms with Gasteiger partial charge >= 0.3 is 18.1 Å². The van der Waals surface area contributed by atoms with E-state index in [1.54, 1.807) is 30.3 Å². The number of esters is 1. The van der Waals surface area contributed by atoms with Crippen LogP contribution in [0.15, 0.2) is 71.1 Å². The van der Waals surface area contributed by atoms with Gasteiger partial charge in [-0.2, -0.15) is 13.2 Å². The number of hydrogen-bond acceptors (Lipinski definition) is 6. The molecule has 1 heterocycles. The minimum Gasteiger partial charge on any atom is -0.475 e. The lowest BCUT2D eigenvalue weighted by molar-refractivity contribution is -0.192. The van der Waals surface area contributed by atoms with Crippen molar-refractivity contribution in [1.29, 1.82) is 5.41 Å². The number of halogens is 3. The van der Waals surface area contributed by atoms with Crippen molar-refractivity contribution in [3.05, 3.63) is 89.4 Å². The fourth-order valence-electron chi connectivity index (χ4n) is 3.00. The van der Waals surface area contributed by atoms with E-state index in [4.69, 9.17) is 30.2 Å². The van der Waals surface area contributed by atoms with Gasteiger partial charge in [0.15, 0.2) is 0 Å². The second-order valence-corrected chi connectivity index (χ2v) is 8.03. The van der Waals surface area contributed by atoms with Crippen molar-refractivity contribution < 1.29 is 41.8 Å². The Kier molecular flexibility index (Phi) is 10.6. The summed E-state index contributed by atoms with van der Waals surface area (Å²) in [6.45, 7) is 2.38. The number of carbonyl (C=O) groups is 3. The van der Waals surface area contributed by atoms with Crippen LogP contribution in [0, 0.1) is 11.3 Å². The highest BCUT2D eigenvalue weighted by molar-refractivity contribution is 5.95. The molecule has 0 fully saturated rings. The first-order valence-corrected chi connectivity index (χ1v) is 11.2. The SMILES string of the molecule is CC(Cc1ccc(C(=O)Oc2ccc(C(=N)N)cc2)o1)C(=O)NCCc1ccccc1.O=C(O)C(F)(F)F. The van der Waals surface area contributed by atoms with Gasteiger partial charge in [-0.1, -0.05) is 37.3 Å². The Morgan fingerprint density at radius 2 is 1.66 bits per heavy atom. The van der Waals surface area contributed by atoms with Crippen LogP contribution < -0.4 is 15.8 Å². The van der Waals surface area contributed by atoms with E-state index in [0.717, 1.165) is 6.42 Å². The summed E-state index contributed by atoms with van der Waals surface area (Å²) in [6, 6.07) is 19.5. The van der Waals surface area contributed by atoms with E-state index in [1.807, 2.05) is 37.3 Å². The molecule has 3 rings (SSSR count). The highest BCUT2D eigenvalue weighted by Crippen LogP contribution is 2.18. The number of nitrogens with two attached hydrogens (primary N) is 1. The van der Waals surface area contributed by atoms with Gasteiger partial charge in [-0.15, -0.1) is 0 Å². The second-order valence-electron chi connectivity index (χ2n) is 8.03. The summed E-state index contributed by atoms with van der Waals surface area (Å²) in [5, 5.41) is 17.4. The van der Waals surface area contributed by atoms with Crippen molar-refractivity contribution in [1.82, 2.24) is 5.32 Å². The maximum atomic E-state index is 12.3. The highest BCUT2D eigenvalue weighted by Gasteiger charge is 2.38. The molecule has 9 nitrogen and oxygen atoms in total. The van der Waals surface area contributed by atoms with E-state index < -0.39 is 18.1 Å². The minimum absolute atomic E-state index is 0.0577. The molecule has 38 heavy (non-hydrogen) atoms. The van der Waals surface area contributed by atoms with Crippen LogP contribution in [-0.2, 0) is 22.4 Å². The molecule has 0 aliphatic heterocycles. The molecule has 0 saturated carbocycles. The maximum absolute atomic E-state index is 12.3. The summed E-state index contributed by atoms with van der Waals surface area (Å²) < 4.78 is 42.6. The van der Waals surface area contributed by atoms with Crippen molar-refractivity contribution in [2.75, 3.05) is 6.54 Å². The maximum Gasteiger partial charge on any atom is 0.490 e. The predicted octanol–water partition coefficient (Wildman–Crippen LogP) is 3.95. The summed E-state index contributed by atoms with van der Waals surface area (Å²) in [5.41, 5.74) is 7.11. The lowest BCUT2D eigenvalue weighted by atomic mass is 10.1. The summed E-state index contributed by atoms with van der Waals surface area (Å²) in [4.78, 5) is 33.5. The van der Waals surface area contributed by atoms with Gasteiger partial charge in [0.1, 0.15) is 17.3 Å². The number of carboxylic acids is 1. The molecule has 202 valence electrons. The molecule has 1 unspecified atom stereocenters. The molecule has 0 spiro atoms. The van der Waals surface area contributed by atoms with Crippen molar-refractivity contribution >= 4 is 23.7 Å². The first kappa shape index (κ1) is 29.6. The van der Waals surface area contributed by atoms with Gasteiger partial charge in [0.05, 0.1) is 0 Å². The van der Waals surface area contributed by atoms with Crippen LogP contribution in [0.2, 0.25) is 0 Å². The Bertz CT molecular complexity index is 1240. The Morgan fingerprint density at radius 1 is 1.05 bits per heavy atom. The topological polar surface area (TPSA) is 156 Å². The number of ether oxygens (including phenoxy) is 1. The van der Waals surface area contributed by atoms with Gasteiger partial charge in [-0.05, 0) is 48.4 Å². The van der Waals surface area contributed by atoms with Crippen LogP contribution in [0.1, 0.15) is 34.4 Å². The Morgan fingerprint density at radius 3 is 2.21 bits per heavy atom. The second kappa shape index (κ2) is 13.6. The van der Waals surface area contributed by atoms with Gasteiger partial charge < -0.3 is 25.3 Å². The third kappa shape index (κ3) is 9.80. The molecule has 3 aromatic rings. The first-order chi connectivity index (χ1) is 17.9. The van der Waals surface area contributed by atoms with Crippen molar-refractivity contribution in [2.24, 2.45) is 11.7 Å². The van der Waals surface area contributed by atoms with Crippen LogP contribution >= 0.6 is 0 Å². The van der Waals surface area contributed by atoms with E-state index in [0.29, 0.717) is 30.0 Å². The molecule has 0 radical (unpaired) electrons. The lowest BCUT2D eigenvalue weighted by Crippen LogP contribution is -2.31. The molecule has 0 bridgehead atoms. The minimum atomic E-state index is -5.08. The molecule has 1 atom stereocenters. The van der Waals surface area contributed by atoms with Crippen molar-refractivity contribution in [2.45, 2.75) is 25.9 Å². The molecule has 0 aliphatic carbocycles. The predicted molar refractivity (Wildman–Crippen MR) is 131 cm³/mol. The van der Waals surface area contributed by atoms with E-state index in [9.17, 15) is 22.8 Å². The number of rotatable bonds is 9. The largest absolute Gasteiger partial charge is 0.490 e. The van der Waals surface area contributed by atoms with Gasteiger partial charge in [0.25, 0.3) is 0 Å². The smallest absolute Gasteiger partial charge is 0.475 e. The van der Waals surface area contributed by atoms with E-state index in [2.05, 4.69) is 5.32 Å². The summed E-state index contributed by atoms with van der Waals surface area (Å²) in [6.07, 6.45) is -3.94. The third-order valence-corrected chi connectivity index (χ3v) is 4.99. The first-order valence-electron chi connectivity index (χ1n) is 11.2. The standard InChI is InChI=1S/C24H25N3O4.C2HF3O2/c1-16(23(28)27-14-13-17-5-3-2-4-6-17)15-20-11-12-21(30-20)24(29)31-19-9-7-18(8-10-19)22(25)26;3-2(4,5)1(6)7/h2-12,16H,13-15H2,1H3,(H3,25,26)(H,27,28);(H,6,7). The Hall–Kier alpha value is -4.61. The summed E-state index contributed by atoms with van der Waals surface area (Å²) in [7, 11) is 0. The van der Waals surface area contributed by atoms with Crippen LogP contribution in [0.4, 0.5) is 13.2 Å². The number of carbonyl (C=O) groups excluding carboxylic acids is 2. The van der Waals surface area contributed by atoms with E-state index in [1.165, 1.54) is 11.6 Å². The number of hydrogen-bond donors (Lipinski definition) is 4. The number of amides is 1. The van der Waals surface area contributed by atoms with Gasteiger partial charge in [0, 0.05) is 24.4 Å². The fourth-order valence-corrected chi connectivity index (χ4v) is 3.00. The normalized spacial score (nSPS) is 11.5. The fraction of sp³-hybridized carbons (Fsp3) is 0.231. The number of amidine groups is 1. The van der Waals surface area contributed by atoms with Crippen LogP contribution in [-0.4, -0.2) is 41.5 Å². The summed E-state index contributed by atoms with van der Waals surface area (Å²) in [5.74, 6) is -2.92. The average molecular weight is 534 g/mol. The molecule has 1 aromatic heterocycles. The monoisotopic (exact) mass is 533 g/mol. The third-order valence-electron chi connectivity index (χ3n) is 4.99. The molecule has 1 amide bonds. The Balaban J connectivity index is 0.000000638. The number of aliphatic carboxylic acids is 1. The highest BCUT2D eigenvalue weighted by atomic mass is 19.4. The van der Waals surface area contributed by atoms with E-state index >= 15 is 0 Å². The van der Waals surface area contributed by atoms with Gasteiger partial charge in [-0.3, -0.25) is 10.2 Å². The quantitative estimate of drug-likeness (QED) is 0.140. The number of alkyl halides is 3. The molecular formula is C26H26F3N3O6. The zero-order valence-corrected chi connectivity index (χ0v) is 20.2. The number of carboxylic acid groups (broad SMARTS) is 1. The van der Waals surface area contributed by atoms with Gasteiger partial charge in [-0.25, -0.2) is 9.59 Å². The number of furan rings is 1. The van der Waals surface area contributed by atoms with E-state index in [-0.39, 0.29) is 23.4 Å². The zero-order valence-electron chi connectivity index (χ0n) is 20.2. The molecule has 0 saturated heterocycles. The lowest BCUT2D eigenvalue weighted by Gasteiger charge is -2.11. The molecule has 5 N–H and O–H groups in total. The molecule has 12 heteroatoms. The average Bonchev–Trinajstić information content (AvgIpc) is 3.33. The van der Waals surface area contributed by atoms with Crippen LogP contribution in [0.5, 0.6) is 5.75 Å². The van der Waals surface area contributed by atoms with Crippen LogP contribution in [0.25, 0.3) is 0 Å². The van der Waals surface area contributed by atoms with Gasteiger partial charge in [0.2, 0.25) is 11.7 Å². The molecular weight excluding hydrogens is 507 g/mol. The molecule has 0 aliphatic rings. The Labute approximate surface area is 215 Å². The molecule has 2 aromatic carbocycles. The number of nitrogen functional groups attached to an aromatic ring is 1. The summed E-state index contributed by atoms with van der Waals surface area (Å²) >= 11 is 0. The van der Waals surface area contributed by atoms with Crippen molar-refractivity contribution in [3.8, 4) is 5.75 Å². The zero-order chi connectivity index (χ0) is 28.3. The number of benzene rings is 2. The number of nitrogens with one attached hydrogen (secondary N) is 2. The van der Waals surface area contributed by atoms with Crippen LogP contribution in [0.3, 0.4) is 0 Å².